The van der Waals surface area contributed by atoms with Crippen LogP contribution in [0.1, 0.15) is 36.5 Å². The molecule has 0 fully saturated rings. The van der Waals surface area contributed by atoms with Gasteiger partial charge in [-0.15, -0.1) is 0 Å². The molecule has 1 aromatic heterocycles. The summed E-state index contributed by atoms with van der Waals surface area (Å²) in [6, 6.07) is 3.93. The summed E-state index contributed by atoms with van der Waals surface area (Å²) in [5, 5.41) is 1.76. The number of aromatic nitrogens is 2. The smallest absolute Gasteiger partial charge is 0.188 e. The van der Waals surface area contributed by atoms with Crippen molar-refractivity contribution in [2.75, 3.05) is 13.4 Å². The number of methoxy groups -OCH3 is 1. The molecule has 3 nitrogen and oxygen atoms in total. The minimum absolute atomic E-state index is 0.353. The third kappa shape index (κ3) is 3.86. The zero-order chi connectivity index (χ0) is 16.3. The quantitative estimate of drug-likeness (QED) is 0.417. The lowest BCUT2D eigenvalue weighted by molar-refractivity contribution is 0.414. The summed E-state index contributed by atoms with van der Waals surface area (Å²) in [5.74, 6) is 1.04. The summed E-state index contributed by atoms with van der Waals surface area (Å²) in [6.45, 7) is 4.28. The van der Waals surface area contributed by atoms with E-state index in [1.54, 1.807) is 13.3 Å². The monoisotopic (exact) mass is 356 g/mol. The minimum Gasteiger partial charge on any atom is -0.495 e. The Bertz CT molecular complexity index is 677. The predicted molar refractivity (Wildman–Crippen MR) is 93.7 cm³/mol. The van der Waals surface area contributed by atoms with Crippen molar-refractivity contribution in [3.8, 4) is 5.75 Å². The van der Waals surface area contributed by atoms with E-state index in [1.807, 2.05) is 18.4 Å². The zero-order valence-corrected chi connectivity index (χ0v) is 15.3. The van der Waals surface area contributed by atoms with Gasteiger partial charge in [-0.2, -0.15) is 0 Å². The van der Waals surface area contributed by atoms with E-state index in [-0.39, 0.29) is 0 Å². The summed E-state index contributed by atoms with van der Waals surface area (Å²) in [5.41, 5.74) is 3.19. The molecular formula is C16H18Cl2N2OS. The highest BCUT2D eigenvalue weighted by atomic mass is 35.5. The van der Waals surface area contributed by atoms with Gasteiger partial charge in [-0.25, -0.2) is 9.97 Å². The molecule has 118 valence electrons. The molecule has 0 aliphatic heterocycles. The second-order valence-electron chi connectivity index (χ2n) is 5.19. The van der Waals surface area contributed by atoms with Gasteiger partial charge in [0.1, 0.15) is 10.9 Å². The van der Waals surface area contributed by atoms with Crippen LogP contribution in [0.25, 0.3) is 0 Å². The fourth-order valence-corrected chi connectivity index (χ4v) is 3.10. The van der Waals surface area contributed by atoms with E-state index in [9.17, 15) is 0 Å². The molecule has 0 saturated carbocycles. The molecule has 0 aliphatic carbocycles. The molecule has 0 aliphatic rings. The summed E-state index contributed by atoms with van der Waals surface area (Å²) in [6.07, 6.45) is 4.35. The van der Waals surface area contributed by atoms with Gasteiger partial charge < -0.3 is 4.74 Å². The maximum absolute atomic E-state index is 6.27. The Morgan fingerprint density at radius 1 is 1.23 bits per heavy atom. The van der Waals surface area contributed by atoms with Crippen molar-refractivity contribution < 1.29 is 4.74 Å². The van der Waals surface area contributed by atoms with Crippen molar-refractivity contribution in [1.29, 1.82) is 0 Å². The molecule has 0 amide bonds. The molecule has 0 spiro atoms. The fraction of sp³-hybridized carbons (Fsp3) is 0.375. The molecule has 0 radical (unpaired) electrons. The molecule has 0 N–H and O–H groups in total. The van der Waals surface area contributed by atoms with E-state index in [2.05, 4.69) is 23.8 Å². The first kappa shape index (κ1) is 17.4. The summed E-state index contributed by atoms with van der Waals surface area (Å²) in [7, 11) is 1.62. The molecule has 0 unspecified atom stereocenters. The lowest BCUT2D eigenvalue weighted by atomic mass is 9.93. The Balaban J connectivity index is 2.42. The first-order valence-electron chi connectivity index (χ1n) is 6.88. The Kier molecular flexibility index (Phi) is 5.95. The molecule has 0 bridgehead atoms. The number of halogens is 2. The van der Waals surface area contributed by atoms with Crippen LogP contribution in [0.5, 0.6) is 5.75 Å². The number of hydrogen-bond acceptors (Lipinski definition) is 4. The lowest BCUT2D eigenvalue weighted by Gasteiger charge is -2.16. The van der Waals surface area contributed by atoms with Gasteiger partial charge in [0.15, 0.2) is 5.16 Å². The predicted octanol–water partition coefficient (Wildman–Crippen LogP) is 5.23. The highest BCUT2D eigenvalue weighted by Gasteiger charge is 2.14. The zero-order valence-electron chi connectivity index (χ0n) is 13.0. The molecular weight excluding hydrogens is 339 g/mol. The third-order valence-corrected chi connectivity index (χ3v) is 4.57. The molecule has 2 rings (SSSR count). The van der Waals surface area contributed by atoms with Crippen LogP contribution < -0.4 is 4.74 Å². The Hall–Kier alpha value is -0.970. The van der Waals surface area contributed by atoms with Crippen LogP contribution >= 0.6 is 35.0 Å². The third-order valence-electron chi connectivity index (χ3n) is 3.39. The van der Waals surface area contributed by atoms with Crippen molar-refractivity contribution in [2.45, 2.75) is 31.3 Å². The van der Waals surface area contributed by atoms with Gasteiger partial charge in [0.25, 0.3) is 0 Å². The van der Waals surface area contributed by atoms with Gasteiger partial charge in [-0.1, -0.05) is 48.8 Å². The van der Waals surface area contributed by atoms with E-state index >= 15 is 0 Å². The largest absolute Gasteiger partial charge is 0.495 e. The Labute approximate surface area is 145 Å². The van der Waals surface area contributed by atoms with Gasteiger partial charge in [-0.05, 0) is 35.4 Å². The maximum Gasteiger partial charge on any atom is 0.188 e. The molecule has 6 heteroatoms. The van der Waals surface area contributed by atoms with Crippen LogP contribution in [-0.2, 0) is 6.42 Å². The standard InChI is InChI=1S/C16H18Cl2N2OS/c1-9(2)12-7-14(21-3)13(17)6-10(12)5-11-8-19-16(22-4)20-15(11)18/h6-9H,5H2,1-4H3. The first-order valence-corrected chi connectivity index (χ1v) is 8.86. The van der Waals surface area contributed by atoms with Crippen LogP contribution in [0.2, 0.25) is 10.2 Å². The van der Waals surface area contributed by atoms with Crippen LogP contribution in [0.15, 0.2) is 23.5 Å². The van der Waals surface area contributed by atoms with Crippen molar-refractivity contribution >= 4 is 35.0 Å². The Morgan fingerprint density at radius 2 is 1.95 bits per heavy atom. The molecule has 22 heavy (non-hydrogen) atoms. The van der Waals surface area contributed by atoms with E-state index in [4.69, 9.17) is 27.9 Å². The number of benzene rings is 1. The van der Waals surface area contributed by atoms with Gasteiger partial charge in [0, 0.05) is 18.2 Å². The number of hydrogen-bond donors (Lipinski definition) is 0. The minimum atomic E-state index is 0.353. The topological polar surface area (TPSA) is 35.0 Å². The second-order valence-corrected chi connectivity index (χ2v) is 6.73. The van der Waals surface area contributed by atoms with E-state index in [1.165, 1.54) is 17.3 Å². The van der Waals surface area contributed by atoms with E-state index < -0.39 is 0 Å². The number of ether oxygens (including phenoxy) is 1. The highest BCUT2D eigenvalue weighted by Crippen LogP contribution is 2.33. The van der Waals surface area contributed by atoms with Crippen molar-refractivity contribution in [2.24, 2.45) is 0 Å². The van der Waals surface area contributed by atoms with E-state index in [0.717, 1.165) is 11.1 Å². The highest BCUT2D eigenvalue weighted by molar-refractivity contribution is 7.98. The van der Waals surface area contributed by atoms with Crippen LogP contribution in [0.3, 0.4) is 0 Å². The first-order chi connectivity index (χ1) is 10.5. The average molecular weight is 357 g/mol. The molecule has 2 aromatic rings. The number of rotatable bonds is 5. The summed E-state index contributed by atoms with van der Waals surface area (Å²) >= 11 is 14.0. The SMILES string of the molecule is COc1cc(C(C)C)c(Cc2cnc(SC)nc2Cl)cc1Cl. The van der Waals surface area contributed by atoms with E-state index in [0.29, 0.717) is 33.4 Å². The normalized spacial score (nSPS) is 11.0. The van der Waals surface area contributed by atoms with Gasteiger partial charge in [0.05, 0.1) is 12.1 Å². The Morgan fingerprint density at radius 3 is 2.50 bits per heavy atom. The molecule has 0 saturated heterocycles. The van der Waals surface area contributed by atoms with Gasteiger partial charge in [-0.3, -0.25) is 0 Å². The van der Waals surface area contributed by atoms with Crippen LogP contribution in [0, 0.1) is 0 Å². The maximum atomic E-state index is 6.27. The fourth-order valence-electron chi connectivity index (χ4n) is 2.25. The van der Waals surface area contributed by atoms with Crippen molar-refractivity contribution in [1.82, 2.24) is 9.97 Å². The van der Waals surface area contributed by atoms with Gasteiger partial charge >= 0.3 is 0 Å². The lowest BCUT2D eigenvalue weighted by Crippen LogP contribution is -2.02. The summed E-state index contributed by atoms with van der Waals surface area (Å²) in [4.78, 5) is 8.57. The molecule has 1 aromatic carbocycles. The van der Waals surface area contributed by atoms with Crippen molar-refractivity contribution in [3.63, 3.8) is 0 Å². The van der Waals surface area contributed by atoms with Crippen LogP contribution in [0.4, 0.5) is 0 Å². The number of thioether (sulfide) groups is 1. The summed E-state index contributed by atoms with van der Waals surface area (Å²) < 4.78 is 5.31. The van der Waals surface area contributed by atoms with Gasteiger partial charge in [0.2, 0.25) is 0 Å². The number of nitrogens with zero attached hydrogens (tertiary/aromatic N) is 2. The van der Waals surface area contributed by atoms with Crippen LogP contribution in [-0.4, -0.2) is 23.3 Å². The average Bonchev–Trinajstić information content (AvgIpc) is 2.49. The van der Waals surface area contributed by atoms with Crippen molar-refractivity contribution in [3.05, 3.63) is 45.2 Å². The molecule has 1 heterocycles. The molecule has 0 atom stereocenters. The second kappa shape index (κ2) is 7.53.